The Bertz CT molecular complexity index is 1060. The van der Waals surface area contributed by atoms with Crippen molar-refractivity contribution in [1.29, 1.82) is 0 Å². The second-order valence-electron chi connectivity index (χ2n) is 6.57. The molecule has 0 saturated carbocycles. The normalized spacial score (nSPS) is 11.3. The van der Waals surface area contributed by atoms with E-state index in [0.29, 0.717) is 11.4 Å². The molecule has 3 N–H and O–H groups in total. The Morgan fingerprint density at radius 2 is 1.52 bits per heavy atom. The van der Waals surface area contributed by atoms with E-state index in [1.807, 2.05) is 31.2 Å². The number of carbonyl (C=O) groups excluding carboxylic acids is 2. The first kappa shape index (κ1) is 22.2. The van der Waals surface area contributed by atoms with Crippen LogP contribution in [0.2, 0.25) is 0 Å². The fourth-order valence-corrected chi connectivity index (χ4v) is 3.50. The summed E-state index contributed by atoms with van der Waals surface area (Å²) in [5, 5.41) is 5.33. The Morgan fingerprint density at radius 3 is 2.19 bits per heavy atom. The van der Waals surface area contributed by atoms with Crippen LogP contribution in [0.1, 0.15) is 28.1 Å². The van der Waals surface area contributed by atoms with Gasteiger partial charge in [-0.3, -0.25) is 9.52 Å². The predicted octanol–water partition coefficient (Wildman–Crippen LogP) is 5.62. The number of amides is 3. The summed E-state index contributed by atoms with van der Waals surface area (Å²) >= 11 is 1.26. The van der Waals surface area contributed by atoms with E-state index in [1.165, 1.54) is 30.1 Å². The van der Waals surface area contributed by atoms with Gasteiger partial charge in [-0.2, -0.15) is 0 Å². The van der Waals surface area contributed by atoms with Crippen molar-refractivity contribution in [2.24, 2.45) is 0 Å². The molecule has 3 rings (SSSR count). The molecule has 8 heteroatoms. The largest absolute Gasteiger partial charge is 0.496 e. The van der Waals surface area contributed by atoms with E-state index in [-0.39, 0.29) is 16.8 Å². The van der Waals surface area contributed by atoms with Crippen LogP contribution in [0.25, 0.3) is 0 Å². The summed E-state index contributed by atoms with van der Waals surface area (Å²) in [4.78, 5) is 24.4. The minimum absolute atomic E-state index is 0.0159. The van der Waals surface area contributed by atoms with Crippen molar-refractivity contribution >= 4 is 35.3 Å². The van der Waals surface area contributed by atoms with E-state index >= 15 is 0 Å². The van der Waals surface area contributed by atoms with Gasteiger partial charge in [0, 0.05) is 16.9 Å². The molecule has 3 amide bonds. The van der Waals surface area contributed by atoms with Gasteiger partial charge in [0.25, 0.3) is 5.91 Å². The highest BCUT2D eigenvalue weighted by atomic mass is 32.2. The van der Waals surface area contributed by atoms with Crippen LogP contribution >= 0.6 is 11.9 Å². The van der Waals surface area contributed by atoms with E-state index in [2.05, 4.69) is 15.4 Å². The quantitative estimate of drug-likeness (QED) is 0.418. The average molecular weight is 440 g/mol. The average Bonchev–Trinajstić information content (AvgIpc) is 2.79. The fourth-order valence-electron chi connectivity index (χ4n) is 2.84. The molecule has 0 spiro atoms. The van der Waals surface area contributed by atoms with E-state index < -0.39 is 11.7 Å². The van der Waals surface area contributed by atoms with E-state index in [0.717, 1.165) is 11.3 Å². The smallest absolute Gasteiger partial charge is 0.329 e. The molecule has 3 aromatic rings. The zero-order valence-electron chi connectivity index (χ0n) is 17.0. The molecule has 0 aliphatic carbocycles. The van der Waals surface area contributed by atoms with E-state index in [9.17, 15) is 14.0 Å². The van der Waals surface area contributed by atoms with Crippen LogP contribution in [0.3, 0.4) is 0 Å². The minimum atomic E-state index is -0.588. The van der Waals surface area contributed by atoms with Gasteiger partial charge in [0.2, 0.25) is 0 Å². The lowest BCUT2D eigenvalue weighted by molar-refractivity contribution is 0.102. The monoisotopic (exact) mass is 439 g/mol. The van der Waals surface area contributed by atoms with Crippen molar-refractivity contribution < 1.29 is 18.7 Å². The third kappa shape index (κ3) is 5.99. The number of urea groups is 1. The Labute approximate surface area is 184 Å². The summed E-state index contributed by atoms with van der Waals surface area (Å²) < 4.78 is 21.8. The molecule has 0 aromatic heterocycles. The molecule has 0 fully saturated rings. The predicted molar refractivity (Wildman–Crippen MR) is 122 cm³/mol. The highest BCUT2D eigenvalue weighted by Crippen LogP contribution is 2.32. The molecule has 3 aromatic carbocycles. The molecule has 1 unspecified atom stereocenters. The second kappa shape index (κ2) is 10.5. The van der Waals surface area contributed by atoms with Crippen molar-refractivity contribution in [2.75, 3.05) is 17.7 Å². The summed E-state index contributed by atoms with van der Waals surface area (Å²) in [6.45, 7) is 1.97. The molecule has 0 radical (unpaired) electrons. The Balaban J connectivity index is 1.52. The third-order valence-corrected chi connectivity index (χ3v) is 5.34. The van der Waals surface area contributed by atoms with Crippen molar-refractivity contribution in [2.45, 2.75) is 12.2 Å². The summed E-state index contributed by atoms with van der Waals surface area (Å²) in [7, 11) is 1.61. The maximum atomic E-state index is 13.7. The number of ether oxygens (including phenoxy) is 1. The summed E-state index contributed by atoms with van der Waals surface area (Å²) in [5.74, 6) is -0.370. The molecule has 6 nitrogen and oxygen atoms in total. The summed E-state index contributed by atoms with van der Waals surface area (Å²) in [5.41, 5.74) is 1.97. The zero-order chi connectivity index (χ0) is 22.2. The Kier molecular flexibility index (Phi) is 7.50. The number of carbonyl (C=O) groups is 2. The maximum Gasteiger partial charge on any atom is 0.329 e. The molecular formula is C23H22FN3O3S. The minimum Gasteiger partial charge on any atom is -0.496 e. The Morgan fingerprint density at radius 1 is 0.903 bits per heavy atom. The van der Waals surface area contributed by atoms with Crippen LogP contribution in [-0.2, 0) is 0 Å². The van der Waals surface area contributed by atoms with Crippen molar-refractivity contribution in [1.82, 2.24) is 4.72 Å². The highest BCUT2D eigenvalue weighted by molar-refractivity contribution is 7.98. The van der Waals surface area contributed by atoms with Gasteiger partial charge in [-0.1, -0.05) is 30.3 Å². The van der Waals surface area contributed by atoms with Gasteiger partial charge in [-0.05, 0) is 61.3 Å². The first-order valence-corrected chi connectivity index (χ1v) is 10.4. The number of hydrogen-bond donors (Lipinski definition) is 3. The van der Waals surface area contributed by atoms with Crippen LogP contribution in [0.5, 0.6) is 5.75 Å². The number of benzene rings is 3. The highest BCUT2D eigenvalue weighted by Gasteiger charge is 2.14. The second-order valence-corrected chi connectivity index (χ2v) is 7.72. The molecular weight excluding hydrogens is 417 g/mol. The summed E-state index contributed by atoms with van der Waals surface area (Å²) in [6, 6.07) is 19.5. The molecule has 0 heterocycles. The number of methoxy groups -OCH3 is 1. The van der Waals surface area contributed by atoms with E-state index in [1.54, 1.807) is 37.4 Å². The molecule has 31 heavy (non-hydrogen) atoms. The van der Waals surface area contributed by atoms with Gasteiger partial charge in [-0.15, -0.1) is 0 Å². The number of halogens is 1. The standard InChI is InChI=1S/C23H22FN3O3S/c1-15(18-7-4-6-10-21(18)30-2)31-27-23(29)26-17-13-11-16(12-14-17)25-22(28)19-8-3-5-9-20(19)24/h3-15H,1-2H3,(H,25,28)(H2,26,27,29). The topological polar surface area (TPSA) is 79.5 Å². The molecule has 0 saturated heterocycles. The Hall–Kier alpha value is -3.52. The fraction of sp³-hybridized carbons (Fsp3) is 0.130. The SMILES string of the molecule is COc1ccccc1C(C)SNC(=O)Nc1ccc(NC(=O)c2ccccc2F)cc1. The van der Waals surface area contributed by atoms with Gasteiger partial charge in [0.05, 0.1) is 17.9 Å². The van der Waals surface area contributed by atoms with Gasteiger partial charge in [0.15, 0.2) is 0 Å². The number of hydrogen-bond acceptors (Lipinski definition) is 4. The number of nitrogens with one attached hydrogen (secondary N) is 3. The molecule has 0 aliphatic rings. The lowest BCUT2D eigenvalue weighted by atomic mass is 10.1. The first-order chi connectivity index (χ1) is 15.0. The third-order valence-electron chi connectivity index (χ3n) is 4.42. The molecule has 0 bridgehead atoms. The lowest BCUT2D eigenvalue weighted by Gasteiger charge is -2.15. The van der Waals surface area contributed by atoms with Gasteiger partial charge >= 0.3 is 6.03 Å². The van der Waals surface area contributed by atoms with Crippen LogP contribution in [0, 0.1) is 5.82 Å². The molecule has 1 atom stereocenters. The van der Waals surface area contributed by atoms with Crippen LogP contribution in [-0.4, -0.2) is 19.0 Å². The number of anilines is 2. The van der Waals surface area contributed by atoms with Crippen LogP contribution in [0.4, 0.5) is 20.6 Å². The lowest BCUT2D eigenvalue weighted by Crippen LogP contribution is -2.23. The maximum absolute atomic E-state index is 13.7. The number of rotatable bonds is 7. The molecule has 160 valence electrons. The van der Waals surface area contributed by atoms with Crippen molar-refractivity contribution in [3.8, 4) is 5.75 Å². The van der Waals surface area contributed by atoms with E-state index in [4.69, 9.17) is 4.74 Å². The van der Waals surface area contributed by atoms with Gasteiger partial charge in [-0.25, -0.2) is 9.18 Å². The summed E-state index contributed by atoms with van der Waals surface area (Å²) in [6.07, 6.45) is 0. The first-order valence-electron chi connectivity index (χ1n) is 9.49. The van der Waals surface area contributed by atoms with Gasteiger partial charge < -0.3 is 15.4 Å². The zero-order valence-corrected chi connectivity index (χ0v) is 17.8. The molecule has 0 aliphatic heterocycles. The van der Waals surface area contributed by atoms with Crippen LogP contribution in [0.15, 0.2) is 72.8 Å². The number of para-hydroxylation sites is 1. The van der Waals surface area contributed by atoms with Gasteiger partial charge in [0.1, 0.15) is 11.6 Å². The van der Waals surface area contributed by atoms with Crippen molar-refractivity contribution in [3.63, 3.8) is 0 Å². The van der Waals surface area contributed by atoms with Crippen molar-refractivity contribution in [3.05, 3.63) is 89.7 Å². The van der Waals surface area contributed by atoms with Crippen LogP contribution < -0.4 is 20.1 Å².